The van der Waals surface area contributed by atoms with Crippen LogP contribution in [0.15, 0.2) is 24.5 Å². The summed E-state index contributed by atoms with van der Waals surface area (Å²) in [6.45, 7) is 4.13. The molecule has 5 nitrogen and oxygen atoms in total. The van der Waals surface area contributed by atoms with Gasteiger partial charge >= 0.3 is 0 Å². The van der Waals surface area contributed by atoms with Crippen LogP contribution in [0.5, 0.6) is 0 Å². The van der Waals surface area contributed by atoms with Gasteiger partial charge in [0.2, 0.25) is 10.0 Å². The van der Waals surface area contributed by atoms with Gasteiger partial charge in [0.1, 0.15) is 0 Å². The molecule has 1 aromatic heterocycles. The van der Waals surface area contributed by atoms with E-state index in [1.807, 2.05) is 19.1 Å². The Morgan fingerprint density at radius 1 is 1.32 bits per heavy atom. The highest BCUT2D eigenvalue weighted by atomic mass is 32.2. The van der Waals surface area contributed by atoms with E-state index in [9.17, 15) is 8.42 Å². The van der Waals surface area contributed by atoms with E-state index in [-0.39, 0.29) is 5.75 Å². The lowest BCUT2D eigenvalue weighted by Gasteiger charge is -2.17. The Morgan fingerprint density at radius 2 is 2.00 bits per heavy atom. The first-order valence-electron chi connectivity index (χ1n) is 6.60. The summed E-state index contributed by atoms with van der Waals surface area (Å²) in [4.78, 5) is 3.94. The zero-order valence-corrected chi connectivity index (χ0v) is 12.5. The number of rotatable bonds is 9. The van der Waals surface area contributed by atoms with Gasteiger partial charge in [0.25, 0.3) is 0 Å². The molecule has 0 fully saturated rings. The Kier molecular flexibility index (Phi) is 6.97. The Balaban J connectivity index is 2.37. The number of nitrogens with zero attached hydrogens (tertiary/aromatic N) is 2. The fourth-order valence-electron chi connectivity index (χ4n) is 1.69. The standard InChI is InChI=1S/C13H23N3O2S/c1-3-14-8-4-12-19(17,18)16(2)11-7-13-5-9-15-10-6-13/h5-6,9-10,14H,3-4,7-8,11-12H2,1-2H3. The minimum absolute atomic E-state index is 0.201. The van der Waals surface area contributed by atoms with Crippen LogP contribution in [0.1, 0.15) is 18.9 Å². The normalized spacial score (nSPS) is 11.9. The van der Waals surface area contributed by atoms with E-state index in [2.05, 4.69) is 10.3 Å². The van der Waals surface area contributed by atoms with Crippen molar-refractivity contribution in [3.63, 3.8) is 0 Å². The second kappa shape index (κ2) is 8.24. The van der Waals surface area contributed by atoms with Crippen molar-refractivity contribution >= 4 is 10.0 Å². The average molecular weight is 285 g/mol. The lowest BCUT2D eigenvalue weighted by Crippen LogP contribution is -2.32. The monoisotopic (exact) mass is 285 g/mol. The van der Waals surface area contributed by atoms with Gasteiger partial charge in [0.05, 0.1) is 5.75 Å². The third kappa shape index (κ3) is 6.13. The highest BCUT2D eigenvalue weighted by molar-refractivity contribution is 7.89. The predicted molar refractivity (Wildman–Crippen MR) is 77.5 cm³/mol. The number of aromatic nitrogens is 1. The maximum atomic E-state index is 12.0. The van der Waals surface area contributed by atoms with Crippen molar-refractivity contribution < 1.29 is 8.42 Å². The lowest BCUT2D eigenvalue weighted by atomic mass is 10.2. The fourth-order valence-corrected chi connectivity index (χ4v) is 2.88. The molecular weight excluding hydrogens is 262 g/mol. The summed E-state index contributed by atoms with van der Waals surface area (Å²) in [5.74, 6) is 0.201. The molecule has 1 heterocycles. The van der Waals surface area contributed by atoms with Crippen molar-refractivity contribution in [2.75, 3.05) is 32.4 Å². The molecule has 0 aromatic carbocycles. The van der Waals surface area contributed by atoms with Crippen LogP contribution in [0.25, 0.3) is 0 Å². The van der Waals surface area contributed by atoms with Crippen LogP contribution in [0.2, 0.25) is 0 Å². The van der Waals surface area contributed by atoms with Crippen LogP contribution in [0, 0.1) is 0 Å². The van der Waals surface area contributed by atoms with Gasteiger partial charge in [0, 0.05) is 26.0 Å². The molecule has 0 bridgehead atoms. The van der Waals surface area contributed by atoms with Crippen LogP contribution >= 0.6 is 0 Å². The second-order valence-corrected chi connectivity index (χ2v) is 6.65. The number of sulfonamides is 1. The summed E-state index contributed by atoms with van der Waals surface area (Å²) >= 11 is 0. The van der Waals surface area contributed by atoms with E-state index in [0.717, 1.165) is 18.7 Å². The molecule has 1 N–H and O–H groups in total. The van der Waals surface area contributed by atoms with Gasteiger partial charge in [-0.15, -0.1) is 0 Å². The van der Waals surface area contributed by atoms with Crippen molar-refractivity contribution in [1.29, 1.82) is 0 Å². The summed E-state index contributed by atoms with van der Waals surface area (Å²) < 4.78 is 25.4. The first kappa shape index (κ1) is 16.1. The minimum atomic E-state index is -3.13. The van der Waals surface area contributed by atoms with Crippen molar-refractivity contribution in [1.82, 2.24) is 14.6 Å². The molecular formula is C13H23N3O2S. The topological polar surface area (TPSA) is 62.3 Å². The Morgan fingerprint density at radius 3 is 2.63 bits per heavy atom. The number of pyridine rings is 1. The van der Waals surface area contributed by atoms with Gasteiger partial charge in [-0.25, -0.2) is 12.7 Å². The molecule has 6 heteroatoms. The zero-order valence-electron chi connectivity index (χ0n) is 11.7. The summed E-state index contributed by atoms with van der Waals surface area (Å²) in [6, 6.07) is 3.82. The van der Waals surface area contributed by atoms with E-state index in [1.54, 1.807) is 19.4 Å². The fraction of sp³-hybridized carbons (Fsp3) is 0.615. The SMILES string of the molecule is CCNCCCS(=O)(=O)N(C)CCc1ccncc1. The molecule has 0 aliphatic carbocycles. The van der Waals surface area contributed by atoms with Crippen LogP contribution in [-0.4, -0.2) is 50.1 Å². The van der Waals surface area contributed by atoms with Gasteiger partial charge in [-0.05, 0) is 43.6 Å². The molecule has 0 spiro atoms. The highest BCUT2D eigenvalue weighted by Gasteiger charge is 2.16. The van der Waals surface area contributed by atoms with Crippen molar-refractivity contribution in [3.05, 3.63) is 30.1 Å². The van der Waals surface area contributed by atoms with Crippen molar-refractivity contribution in [2.24, 2.45) is 0 Å². The van der Waals surface area contributed by atoms with Crippen molar-refractivity contribution in [3.8, 4) is 0 Å². The van der Waals surface area contributed by atoms with E-state index in [4.69, 9.17) is 0 Å². The first-order valence-corrected chi connectivity index (χ1v) is 8.21. The molecule has 19 heavy (non-hydrogen) atoms. The van der Waals surface area contributed by atoms with Gasteiger partial charge in [-0.3, -0.25) is 4.98 Å². The minimum Gasteiger partial charge on any atom is -0.317 e. The smallest absolute Gasteiger partial charge is 0.213 e. The lowest BCUT2D eigenvalue weighted by molar-refractivity contribution is 0.470. The molecule has 1 rings (SSSR count). The highest BCUT2D eigenvalue weighted by Crippen LogP contribution is 2.04. The molecule has 0 amide bonds. The zero-order chi connectivity index (χ0) is 14.1. The van der Waals surface area contributed by atoms with E-state index < -0.39 is 10.0 Å². The quantitative estimate of drug-likeness (QED) is 0.684. The molecule has 0 aliphatic heterocycles. The van der Waals surface area contributed by atoms with Gasteiger partial charge < -0.3 is 5.32 Å². The molecule has 0 atom stereocenters. The largest absolute Gasteiger partial charge is 0.317 e. The Labute approximate surface area is 116 Å². The number of nitrogens with one attached hydrogen (secondary N) is 1. The third-order valence-corrected chi connectivity index (χ3v) is 4.88. The average Bonchev–Trinajstić information content (AvgIpc) is 2.42. The Hall–Kier alpha value is -0.980. The summed E-state index contributed by atoms with van der Waals surface area (Å²) in [7, 11) is -1.49. The van der Waals surface area contributed by atoms with E-state index in [0.29, 0.717) is 19.4 Å². The first-order chi connectivity index (χ1) is 9.06. The molecule has 0 unspecified atom stereocenters. The van der Waals surface area contributed by atoms with E-state index in [1.165, 1.54) is 4.31 Å². The molecule has 0 aliphatic rings. The van der Waals surface area contributed by atoms with Gasteiger partial charge in [-0.2, -0.15) is 0 Å². The number of hydrogen-bond donors (Lipinski definition) is 1. The maximum absolute atomic E-state index is 12.0. The number of likely N-dealkylation sites (N-methyl/N-ethyl adjacent to an activating group) is 1. The third-order valence-electron chi connectivity index (χ3n) is 2.95. The van der Waals surface area contributed by atoms with Crippen molar-refractivity contribution in [2.45, 2.75) is 19.8 Å². The van der Waals surface area contributed by atoms with Crippen LogP contribution in [0.3, 0.4) is 0 Å². The van der Waals surface area contributed by atoms with Crippen LogP contribution < -0.4 is 5.32 Å². The summed E-state index contributed by atoms with van der Waals surface area (Å²) in [5.41, 5.74) is 1.10. The molecule has 108 valence electrons. The molecule has 0 saturated heterocycles. The second-order valence-electron chi connectivity index (χ2n) is 4.45. The molecule has 0 radical (unpaired) electrons. The van der Waals surface area contributed by atoms with Crippen LogP contribution in [0.4, 0.5) is 0 Å². The maximum Gasteiger partial charge on any atom is 0.213 e. The number of hydrogen-bond acceptors (Lipinski definition) is 4. The molecule has 0 saturated carbocycles. The van der Waals surface area contributed by atoms with Gasteiger partial charge in [-0.1, -0.05) is 6.92 Å². The Bertz CT molecular complexity index is 448. The summed E-state index contributed by atoms with van der Waals surface area (Å²) in [6.07, 6.45) is 4.81. The molecule has 1 aromatic rings. The van der Waals surface area contributed by atoms with Gasteiger partial charge in [0.15, 0.2) is 0 Å². The summed E-state index contributed by atoms with van der Waals surface area (Å²) in [5, 5.41) is 3.13. The van der Waals surface area contributed by atoms with E-state index >= 15 is 0 Å². The van der Waals surface area contributed by atoms with Crippen LogP contribution in [-0.2, 0) is 16.4 Å². The predicted octanol–water partition coefficient (Wildman–Crippen LogP) is 0.885.